The summed E-state index contributed by atoms with van der Waals surface area (Å²) in [6, 6.07) is 6.69. The van der Waals surface area contributed by atoms with E-state index in [2.05, 4.69) is 30.1 Å². The molecule has 1 aromatic rings. The summed E-state index contributed by atoms with van der Waals surface area (Å²) in [4.78, 5) is 25.0. The predicted molar refractivity (Wildman–Crippen MR) is 86.6 cm³/mol. The fourth-order valence-electron chi connectivity index (χ4n) is 3.74. The van der Waals surface area contributed by atoms with Crippen molar-refractivity contribution in [2.45, 2.75) is 38.9 Å². The van der Waals surface area contributed by atoms with E-state index in [1.807, 2.05) is 11.9 Å². The van der Waals surface area contributed by atoms with Gasteiger partial charge in [-0.1, -0.05) is 18.2 Å². The molecule has 5 nitrogen and oxygen atoms in total. The number of carbonyl (C=O) groups is 2. The molecule has 2 fully saturated rings. The molecule has 0 radical (unpaired) electrons. The maximum atomic E-state index is 12.4. The van der Waals surface area contributed by atoms with Gasteiger partial charge in [0, 0.05) is 32.6 Å². The maximum Gasteiger partial charge on any atom is 0.290 e. The minimum absolute atomic E-state index is 0.250. The van der Waals surface area contributed by atoms with Crippen molar-refractivity contribution in [2.24, 2.45) is 11.3 Å². The summed E-state index contributed by atoms with van der Waals surface area (Å²) in [6.45, 7) is 2.59. The standard InChI is InChI=1S/C17H22N2O.CH2O2/c1-18-10-13-4-3-12(7-14(13)11-18)9-19(2)16(20)15-8-17(15)5-6-17;2-1-3/h3-4,7,15H,5-6,8-11H2,1-2H3;1H,(H,2,3). The van der Waals surface area contributed by atoms with Gasteiger partial charge in [-0.2, -0.15) is 0 Å². The van der Waals surface area contributed by atoms with Crippen LogP contribution in [0.5, 0.6) is 0 Å². The summed E-state index contributed by atoms with van der Waals surface area (Å²) in [6.07, 6.45) is 3.70. The molecule has 2 saturated carbocycles. The van der Waals surface area contributed by atoms with Crippen LogP contribution in [0.2, 0.25) is 0 Å². The van der Waals surface area contributed by atoms with Gasteiger partial charge in [0.1, 0.15) is 0 Å². The molecular formula is C18H24N2O3. The number of fused-ring (bicyclic) bond motifs is 1. The van der Waals surface area contributed by atoms with E-state index in [9.17, 15) is 4.79 Å². The molecular weight excluding hydrogens is 292 g/mol. The number of rotatable bonds is 3. The van der Waals surface area contributed by atoms with Gasteiger partial charge in [-0.25, -0.2) is 0 Å². The summed E-state index contributed by atoms with van der Waals surface area (Å²) in [5.41, 5.74) is 4.59. The summed E-state index contributed by atoms with van der Waals surface area (Å²) in [5.74, 6) is 0.702. The number of amides is 1. The zero-order chi connectivity index (χ0) is 16.6. The van der Waals surface area contributed by atoms with Crippen molar-refractivity contribution in [3.63, 3.8) is 0 Å². The number of benzene rings is 1. The van der Waals surface area contributed by atoms with Crippen LogP contribution in [0.3, 0.4) is 0 Å². The van der Waals surface area contributed by atoms with Crippen molar-refractivity contribution in [1.29, 1.82) is 0 Å². The van der Waals surface area contributed by atoms with E-state index in [4.69, 9.17) is 9.90 Å². The Morgan fingerprint density at radius 1 is 1.39 bits per heavy atom. The van der Waals surface area contributed by atoms with E-state index in [1.54, 1.807) is 0 Å². The van der Waals surface area contributed by atoms with Crippen LogP contribution in [0.15, 0.2) is 18.2 Å². The number of nitrogens with zero attached hydrogens (tertiary/aromatic N) is 2. The van der Waals surface area contributed by atoms with E-state index in [1.165, 1.54) is 29.5 Å². The first kappa shape index (κ1) is 16.0. The minimum atomic E-state index is -0.250. The molecule has 5 heteroatoms. The molecule has 0 aromatic heterocycles. The Morgan fingerprint density at radius 3 is 2.65 bits per heavy atom. The Bertz CT molecular complexity index is 625. The number of hydrogen-bond donors (Lipinski definition) is 1. The van der Waals surface area contributed by atoms with Crippen molar-refractivity contribution < 1.29 is 14.7 Å². The molecule has 1 aliphatic heterocycles. The van der Waals surface area contributed by atoms with Gasteiger partial charge in [-0.15, -0.1) is 0 Å². The monoisotopic (exact) mass is 316 g/mol. The van der Waals surface area contributed by atoms with Gasteiger partial charge in [-0.05, 0) is 48.4 Å². The fourth-order valence-corrected chi connectivity index (χ4v) is 3.74. The van der Waals surface area contributed by atoms with Crippen LogP contribution in [0, 0.1) is 11.3 Å². The molecule has 1 heterocycles. The van der Waals surface area contributed by atoms with Gasteiger partial charge < -0.3 is 10.0 Å². The quantitative estimate of drug-likeness (QED) is 0.868. The van der Waals surface area contributed by atoms with Gasteiger partial charge in [-0.3, -0.25) is 14.5 Å². The predicted octanol–water partition coefficient (Wildman–Crippen LogP) is 2.09. The van der Waals surface area contributed by atoms with Crippen LogP contribution in [0.1, 0.15) is 36.0 Å². The number of carbonyl (C=O) groups excluding carboxylic acids is 1. The van der Waals surface area contributed by atoms with E-state index in [0.29, 0.717) is 17.2 Å². The summed E-state index contributed by atoms with van der Waals surface area (Å²) < 4.78 is 0. The van der Waals surface area contributed by atoms with Crippen molar-refractivity contribution in [3.8, 4) is 0 Å². The molecule has 3 aliphatic rings. The third-order valence-corrected chi connectivity index (χ3v) is 5.33. The molecule has 1 unspecified atom stereocenters. The Labute approximate surface area is 136 Å². The zero-order valence-electron chi connectivity index (χ0n) is 13.8. The van der Waals surface area contributed by atoms with Crippen LogP contribution in [-0.2, 0) is 29.2 Å². The molecule has 1 amide bonds. The van der Waals surface area contributed by atoms with Crippen molar-refractivity contribution in [1.82, 2.24) is 9.80 Å². The lowest BCUT2D eigenvalue weighted by Gasteiger charge is -2.18. The minimum Gasteiger partial charge on any atom is -0.483 e. The van der Waals surface area contributed by atoms with Gasteiger partial charge in [0.05, 0.1) is 0 Å². The van der Waals surface area contributed by atoms with Crippen LogP contribution in [0.25, 0.3) is 0 Å². The van der Waals surface area contributed by atoms with Crippen molar-refractivity contribution in [3.05, 3.63) is 34.9 Å². The molecule has 1 aromatic carbocycles. The van der Waals surface area contributed by atoms with E-state index >= 15 is 0 Å². The number of carboxylic acid groups (broad SMARTS) is 1. The molecule has 1 spiro atoms. The second-order valence-corrected chi connectivity index (χ2v) is 7.19. The molecule has 1 atom stereocenters. The summed E-state index contributed by atoms with van der Waals surface area (Å²) >= 11 is 0. The molecule has 2 aliphatic carbocycles. The first-order valence-electron chi connectivity index (χ1n) is 8.11. The fraction of sp³-hybridized carbons (Fsp3) is 0.556. The normalized spacial score (nSPS) is 22.8. The largest absolute Gasteiger partial charge is 0.483 e. The topological polar surface area (TPSA) is 60.9 Å². The van der Waals surface area contributed by atoms with Crippen LogP contribution < -0.4 is 0 Å². The van der Waals surface area contributed by atoms with Gasteiger partial charge in [0.25, 0.3) is 6.47 Å². The van der Waals surface area contributed by atoms with Crippen LogP contribution >= 0.6 is 0 Å². The third kappa shape index (κ3) is 3.24. The zero-order valence-corrected chi connectivity index (χ0v) is 13.8. The Kier molecular flexibility index (Phi) is 4.15. The maximum absolute atomic E-state index is 12.4. The average molecular weight is 316 g/mol. The van der Waals surface area contributed by atoms with Gasteiger partial charge >= 0.3 is 0 Å². The second kappa shape index (κ2) is 5.96. The summed E-state index contributed by atoms with van der Waals surface area (Å²) in [7, 11) is 4.10. The molecule has 4 rings (SSSR count). The highest BCUT2D eigenvalue weighted by Gasteiger charge is 2.66. The van der Waals surface area contributed by atoms with Crippen LogP contribution in [-0.4, -0.2) is 41.4 Å². The van der Waals surface area contributed by atoms with Crippen molar-refractivity contribution >= 4 is 12.4 Å². The lowest BCUT2D eigenvalue weighted by atomic mass is 10.1. The van der Waals surface area contributed by atoms with E-state index in [0.717, 1.165) is 26.1 Å². The molecule has 23 heavy (non-hydrogen) atoms. The van der Waals surface area contributed by atoms with E-state index < -0.39 is 0 Å². The smallest absolute Gasteiger partial charge is 0.290 e. The average Bonchev–Trinajstić information content (AvgIpc) is 3.40. The Morgan fingerprint density at radius 2 is 2.04 bits per heavy atom. The van der Waals surface area contributed by atoms with E-state index in [-0.39, 0.29) is 6.47 Å². The lowest BCUT2D eigenvalue weighted by Crippen LogP contribution is -2.28. The highest BCUT2D eigenvalue weighted by molar-refractivity contribution is 5.83. The Balaban J connectivity index is 0.000000485. The van der Waals surface area contributed by atoms with Crippen LogP contribution in [0.4, 0.5) is 0 Å². The summed E-state index contributed by atoms with van der Waals surface area (Å²) in [5, 5.41) is 6.89. The molecule has 124 valence electrons. The first-order valence-corrected chi connectivity index (χ1v) is 8.11. The first-order chi connectivity index (χ1) is 11.0. The lowest BCUT2D eigenvalue weighted by molar-refractivity contribution is -0.132. The SMILES string of the molecule is CN1Cc2ccc(CN(C)C(=O)C3CC34CC4)cc2C1.O=CO. The highest BCUT2D eigenvalue weighted by atomic mass is 16.3. The molecule has 0 saturated heterocycles. The van der Waals surface area contributed by atoms with Crippen molar-refractivity contribution in [2.75, 3.05) is 14.1 Å². The molecule has 0 bridgehead atoms. The van der Waals surface area contributed by atoms with Gasteiger partial charge in [0.15, 0.2) is 0 Å². The third-order valence-electron chi connectivity index (χ3n) is 5.33. The Hall–Kier alpha value is -1.88. The highest BCUT2D eigenvalue weighted by Crippen LogP contribution is 2.70. The van der Waals surface area contributed by atoms with Gasteiger partial charge in [0.2, 0.25) is 5.91 Å². The molecule has 1 N–H and O–H groups in total. The number of hydrogen-bond acceptors (Lipinski definition) is 3. The second-order valence-electron chi connectivity index (χ2n) is 7.19.